The Balaban J connectivity index is 2.98. The van der Waals surface area contributed by atoms with Crippen LogP contribution in [0.25, 0.3) is 0 Å². The first-order valence-electron chi connectivity index (χ1n) is 6.03. The molecule has 0 aliphatic carbocycles. The summed E-state index contributed by atoms with van der Waals surface area (Å²) in [5.74, 6) is -0.0590. The summed E-state index contributed by atoms with van der Waals surface area (Å²) < 4.78 is 6.15. The van der Waals surface area contributed by atoms with E-state index in [1.807, 2.05) is 43.9 Å². The van der Waals surface area contributed by atoms with Crippen LogP contribution in [-0.4, -0.2) is 35.2 Å². The van der Waals surface area contributed by atoms with Gasteiger partial charge in [-0.05, 0) is 44.5 Å². The topological polar surface area (TPSA) is 49.8 Å². The van der Waals surface area contributed by atoms with Crippen LogP contribution >= 0.6 is 15.9 Å². The Bertz CT molecular complexity index is 454. The van der Waals surface area contributed by atoms with E-state index in [1.165, 1.54) is 0 Å². The van der Waals surface area contributed by atoms with Gasteiger partial charge in [-0.1, -0.05) is 15.9 Å². The second-order valence-electron chi connectivity index (χ2n) is 5.38. The number of hydrogen-bond donors (Lipinski definition) is 1. The van der Waals surface area contributed by atoms with Gasteiger partial charge in [0.15, 0.2) is 0 Å². The Morgan fingerprint density at radius 3 is 2.53 bits per heavy atom. The number of hydrogen-bond acceptors (Lipinski definition) is 3. The highest BCUT2D eigenvalue weighted by Gasteiger charge is 2.24. The maximum atomic E-state index is 11.0. The van der Waals surface area contributed by atoms with Gasteiger partial charge in [-0.25, -0.2) is 0 Å². The molecule has 4 nitrogen and oxygen atoms in total. The van der Waals surface area contributed by atoms with Crippen LogP contribution in [0.2, 0.25) is 0 Å². The van der Waals surface area contributed by atoms with Gasteiger partial charge in [0.25, 0.3) is 0 Å². The number of methoxy groups -OCH3 is 1. The standard InChI is InChI=1S/C14H20BrNO3/c1-14(2,3)16(9-13(17)18)8-10-7-11(19-4)5-6-12(10)15/h5-7H,8-9H2,1-4H3,(H,17,18). The van der Waals surface area contributed by atoms with Crippen molar-refractivity contribution in [3.63, 3.8) is 0 Å². The highest BCUT2D eigenvalue weighted by atomic mass is 79.9. The van der Waals surface area contributed by atoms with Gasteiger partial charge in [-0.3, -0.25) is 9.69 Å². The Labute approximate surface area is 122 Å². The van der Waals surface area contributed by atoms with Crippen LogP contribution in [0.3, 0.4) is 0 Å². The van der Waals surface area contributed by atoms with Crippen molar-refractivity contribution in [1.82, 2.24) is 4.90 Å². The van der Waals surface area contributed by atoms with Gasteiger partial charge in [-0.15, -0.1) is 0 Å². The second-order valence-corrected chi connectivity index (χ2v) is 6.23. The van der Waals surface area contributed by atoms with E-state index in [1.54, 1.807) is 7.11 Å². The Morgan fingerprint density at radius 2 is 2.05 bits per heavy atom. The number of benzene rings is 1. The van der Waals surface area contributed by atoms with Crippen molar-refractivity contribution in [3.05, 3.63) is 28.2 Å². The molecule has 0 aliphatic rings. The minimum atomic E-state index is -0.825. The normalized spacial score (nSPS) is 11.7. The van der Waals surface area contributed by atoms with Crippen LogP contribution in [0, 0.1) is 0 Å². The van der Waals surface area contributed by atoms with E-state index in [2.05, 4.69) is 15.9 Å². The summed E-state index contributed by atoms with van der Waals surface area (Å²) in [6, 6.07) is 5.70. The number of ether oxygens (including phenoxy) is 1. The molecule has 1 rings (SSSR count). The van der Waals surface area contributed by atoms with E-state index in [4.69, 9.17) is 9.84 Å². The molecule has 1 aromatic rings. The summed E-state index contributed by atoms with van der Waals surface area (Å²) in [6.07, 6.45) is 0. The van der Waals surface area contributed by atoms with Crippen LogP contribution in [0.1, 0.15) is 26.3 Å². The van der Waals surface area contributed by atoms with Gasteiger partial charge in [0.05, 0.1) is 13.7 Å². The highest BCUT2D eigenvalue weighted by Crippen LogP contribution is 2.26. The third kappa shape index (κ3) is 4.84. The fraction of sp³-hybridized carbons (Fsp3) is 0.500. The van der Waals surface area contributed by atoms with Gasteiger partial charge >= 0.3 is 5.97 Å². The van der Waals surface area contributed by atoms with Crippen molar-refractivity contribution in [1.29, 1.82) is 0 Å². The zero-order valence-corrected chi connectivity index (χ0v) is 13.3. The Hall–Kier alpha value is -1.07. The molecule has 1 N–H and O–H groups in total. The second kappa shape index (κ2) is 6.39. The van der Waals surface area contributed by atoms with E-state index < -0.39 is 5.97 Å². The smallest absolute Gasteiger partial charge is 0.317 e. The number of carboxylic acids is 1. The molecule has 0 saturated carbocycles. The molecule has 5 heteroatoms. The lowest BCUT2D eigenvalue weighted by atomic mass is 10.0. The van der Waals surface area contributed by atoms with E-state index in [0.717, 1.165) is 15.8 Å². The molecule has 106 valence electrons. The quantitative estimate of drug-likeness (QED) is 0.901. The zero-order valence-electron chi connectivity index (χ0n) is 11.7. The monoisotopic (exact) mass is 329 g/mol. The minimum Gasteiger partial charge on any atom is -0.497 e. The van der Waals surface area contributed by atoms with E-state index in [9.17, 15) is 4.79 Å². The van der Waals surface area contributed by atoms with Crippen LogP contribution in [-0.2, 0) is 11.3 Å². The fourth-order valence-corrected chi connectivity index (χ4v) is 2.07. The molecule has 0 aromatic heterocycles. The minimum absolute atomic E-state index is 0.00709. The molecular weight excluding hydrogens is 310 g/mol. The predicted octanol–water partition coefficient (Wildman–Crippen LogP) is 3.14. The number of carbonyl (C=O) groups is 1. The predicted molar refractivity (Wildman–Crippen MR) is 78.5 cm³/mol. The maximum Gasteiger partial charge on any atom is 0.317 e. The number of halogens is 1. The van der Waals surface area contributed by atoms with Crippen LogP contribution in [0.5, 0.6) is 5.75 Å². The fourth-order valence-electron chi connectivity index (χ4n) is 1.70. The largest absolute Gasteiger partial charge is 0.497 e. The molecule has 19 heavy (non-hydrogen) atoms. The molecule has 0 bridgehead atoms. The third-order valence-electron chi connectivity index (χ3n) is 2.89. The molecule has 0 spiro atoms. The molecule has 0 heterocycles. The number of carboxylic acid groups (broad SMARTS) is 1. The van der Waals surface area contributed by atoms with Crippen molar-refractivity contribution < 1.29 is 14.6 Å². The first kappa shape index (κ1) is 16.0. The lowest BCUT2D eigenvalue weighted by Gasteiger charge is -2.34. The molecule has 0 aliphatic heterocycles. The summed E-state index contributed by atoms with van der Waals surface area (Å²) in [7, 11) is 1.62. The van der Waals surface area contributed by atoms with Crippen molar-refractivity contribution in [3.8, 4) is 5.75 Å². The van der Waals surface area contributed by atoms with Crippen molar-refractivity contribution in [2.75, 3.05) is 13.7 Å². The SMILES string of the molecule is COc1ccc(Br)c(CN(CC(=O)O)C(C)(C)C)c1. The summed E-state index contributed by atoms with van der Waals surface area (Å²) >= 11 is 3.49. The van der Waals surface area contributed by atoms with Gasteiger partial charge in [-0.2, -0.15) is 0 Å². The van der Waals surface area contributed by atoms with Gasteiger partial charge < -0.3 is 9.84 Å². The van der Waals surface area contributed by atoms with E-state index in [0.29, 0.717) is 6.54 Å². The molecule has 0 amide bonds. The third-order valence-corrected chi connectivity index (χ3v) is 3.66. The van der Waals surface area contributed by atoms with Gasteiger partial charge in [0.1, 0.15) is 5.75 Å². The average molecular weight is 330 g/mol. The summed E-state index contributed by atoms with van der Waals surface area (Å²) in [6.45, 7) is 6.57. The van der Waals surface area contributed by atoms with Gasteiger partial charge in [0.2, 0.25) is 0 Å². The van der Waals surface area contributed by atoms with Crippen molar-refractivity contribution >= 4 is 21.9 Å². The lowest BCUT2D eigenvalue weighted by molar-refractivity contribution is -0.139. The number of rotatable bonds is 5. The zero-order chi connectivity index (χ0) is 14.6. The molecule has 0 saturated heterocycles. The summed E-state index contributed by atoms with van der Waals surface area (Å²) in [4.78, 5) is 12.9. The Morgan fingerprint density at radius 1 is 1.42 bits per heavy atom. The first-order valence-corrected chi connectivity index (χ1v) is 6.82. The molecule has 0 radical (unpaired) electrons. The molecule has 0 atom stereocenters. The first-order chi connectivity index (χ1) is 8.74. The Kier molecular flexibility index (Phi) is 5.38. The summed E-state index contributed by atoms with van der Waals surface area (Å²) in [5, 5.41) is 9.02. The molecule has 0 fully saturated rings. The highest BCUT2D eigenvalue weighted by molar-refractivity contribution is 9.10. The van der Waals surface area contributed by atoms with Crippen molar-refractivity contribution in [2.24, 2.45) is 0 Å². The molecule has 1 aromatic carbocycles. The van der Waals surface area contributed by atoms with E-state index >= 15 is 0 Å². The van der Waals surface area contributed by atoms with Crippen LogP contribution < -0.4 is 4.74 Å². The molecule has 0 unspecified atom stereocenters. The van der Waals surface area contributed by atoms with Crippen LogP contribution in [0.15, 0.2) is 22.7 Å². The summed E-state index contributed by atoms with van der Waals surface area (Å²) in [5.41, 5.74) is 0.788. The van der Waals surface area contributed by atoms with E-state index in [-0.39, 0.29) is 12.1 Å². The van der Waals surface area contributed by atoms with Crippen molar-refractivity contribution in [2.45, 2.75) is 32.9 Å². The lowest BCUT2D eigenvalue weighted by Crippen LogP contribution is -2.43. The van der Waals surface area contributed by atoms with Crippen LogP contribution in [0.4, 0.5) is 0 Å². The number of aliphatic carboxylic acids is 1. The average Bonchev–Trinajstić information content (AvgIpc) is 2.29. The molecular formula is C14H20BrNO3. The number of nitrogens with zero attached hydrogens (tertiary/aromatic N) is 1. The van der Waals surface area contributed by atoms with Gasteiger partial charge in [0, 0.05) is 16.6 Å². The maximum absolute atomic E-state index is 11.0.